The fourth-order valence-corrected chi connectivity index (χ4v) is 3.72. The number of aliphatic carboxylic acids is 1. The molecule has 2 aliphatic rings. The maximum atomic E-state index is 12.7. The standard InChI is InChI=1S/C13H15ClN2O3S/c14-8-5-10(16(6-8)9-1-2-9)12(17)15-3-4-20-7-11(15)13(18)19/h5-6,9,11H,1-4,7H2,(H,18,19). The smallest absolute Gasteiger partial charge is 0.327 e. The summed E-state index contributed by atoms with van der Waals surface area (Å²) < 4.78 is 1.89. The molecule has 0 aromatic carbocycles. The van der Waals surface area contributed by atoms with Crippen LogP contribution in [0.5, 0.6) is 0 Å². The van der Waals surface area contributed by atoms with Crippen LogP contribution in [-0.2, 0) is 4.79 Å². The van der Waals surface area contributed by atoms with Crippen LogP contribution in [0.4, 0.5) is 0 Å². The average Bonchev–Trinajstić information content (AvgIpc) is 3.21. The van der Waals surface area contributed by atoms with Gasteiger partial charge in [-0.1, -0.05) is 11.6 Å². The van der Waals surface area contributed by atoms with Gasteiger partial charge in [-0.2, -0.15) is 11.8 Å². The maximum absolute atomic E-state index is 12.7. The fourth-order valence-electron chi connectivity index (χ4n) is 2.47. The SMILES string of the molecule is O=C(O)C1CSCCN1C(=O)c1cc(Cl)cn1C1CC1. The van der Waals surface area contributed by atoms with Gasteiger partial charge >= 0.3 is 5.97 Å². The van der Waals surface area contributed by atoms with Crippen molar-refractivity contribution >= 4 is 35.2 Å². The number of carboxylic acid groups (broad SMARTS) is 1. The predicted octanol–water partition coefficient (Wildman–Crippen LogP) is 2.12. The third-order valence-corrected chi connectivity index (χ3v) is 4.88. The normalized spacial score (nSPS) is 22.9. The number of rotatable bonds is 3. The molecule has 2 fully saturated rings. The van der Waals surface area contributed by atoms with Crippen LogP contribution in [0.15, 0.2) is 12.3 Å². The van der Waals surface area contributed by atoms with Crippen molar-refractivity contribution in [3.63, 3.8) is 0 Å². The van der Waals surface area contributed by atoms with Gasteiger partial charge in [0.05, 0.1) is 5.02 Å². The Hall–Kier alpha value is -1.14. The number of nitrogens with zero attached hydrogens (tertiary/aromatic N) is 2. The van der Waals surface area contributed by atoms with Crippen molar-refractivity contribution in [3.05, 3.63) is 23.0 Å². The summed E-state index contributed by atoms with van der Waals surface area (Å²) in [6.45, 7) is 0.466. The molecule has 1 amide bonds. The van der Waals surface area contributed by atoms with E-state index >= 15 is 0 Å². The van der Waals surface area contributed by atoms with E-state index < -0.39 is 12.0 Å². The van der Waals surface area contributed by atoms with Crippen molar-refractivity contribution in [3.8, 4) is 0 Å². The zero-order chi connectivity index (χ0) is 14.3. The Bertz CT molecular complexity index is 556. The highest BCUT2D eigenvalue weighted by Crippen LogP contribution is 2.38. The van der Waals surface area contributed by atoms with Gasteiger partial charge in [-0.15, -0.1) is 0 Å². The molecule has 3 rings (SSSR count). The van der Waals surface area contributed by atoms with Crippen LogP contribution in [0.2, 0.25) is 5.02 Å². The number of carbonyl (C=O) groups excluding carboxylic acids is 1. The Morgan fingerprint density at radius 1 is 1.40 bits per heavy atom. The van der Waals surface area contributed by atoms with E-state index in [9.17, 15) is 14.7 Å². The van der Waals surface area contributed by atoms with Gasteiger partial charge in [-0.25, -0.2) is 4.79 Å². The van der Waals surface area contributed by atoms with E-state index in [-0.39, 0.29) is 5.91 Å². The van der Waals surface area contributed by atoms with E-state index in [2.05, 4.69) is 0 Å². The van der Waals surface area contributed by atoms with Crippen LogP contribution in [-0.4, -0.2) is 50.5 Å². The van der Waals surface area contributed by atoms with Crippen molar-refractivity contribution in [1.29, 1.82) is 0 Å². The molecule has 108 valence electrons. The first-order valence-corrected chi connectivity index (χ1v) is 8.10. The predicted molar refractivity (Wildman–Crippen MR) is 77.5 cm³/mol. The van der Waals surface area contributed by atoms with Gasteiger partial charge in [0, 0.05) is 30.3 Å². The van der Waals surface area contributed by atoms with E-state index in [4.69, 9.17) is 11.6 Å². The van der Waals surface area contributed by atoms with Crippen LogP contribution in [0.3, 0.4) is 0 Å². The molecule has 1 N–H and O–H groups in total. The summed E-state index contributed by atoms with van der Waals surface area (Å²) in [5.74, 6) is 0.0458. The zero-order valence-electron chi connectivity index (χ0n) is 10.8. The van der Waals surface area contributed by atoms with Crippen LogP contribution < -0.4 is 0 Å². The number of halogens is 1. The van der Waals surface area contributed by atoms with Crippen molar-refractivity contribution in [2.75, 3.05) is 18.1 Å². The second-order valence-electron chi connectivity index (χ2n) is 5.11. The third-order valence-electron chi connectivity index (χ3n) is 3.65. The lowest BCUT2D eigenvalue weighted by Crippen LogP contribution is -2.50. The summed E-state index contributed by atoms with van der Waals surface area (Å²) in [5.41, 5.74) is 0.510. The Kier molecular flexibility index (Phi) is 3.69. The number of hydrogen-bond donors (Lipinski definition) is 1. The number of thioether (sulfide) groups is 1. The van der Waals surface area contributed by atoms with Gasteiger partial charge in [0.1, 0.15) is 11.7 Å². The van der Waals surface area contributed by atoms with Gasteiger partial charge in [-0.3, -0.25) is 4.79 Å². The molecule has 1 atom stereocenters. The molecule has 20 heavy (non-hydrogen) atoms. The summed E-state index contributed by atoms with van der Waals surface area (Å²) in [4.78, 5) is 25.4. The van der Waals surface area contributed by atoms with E-state index in [1.807, 2.05) is 4.57 Å². The zero-order valence-corrected chi connectivity index (χ0v) is 12.4. The minimum atomic E-state index is -0.943. The number of aromatic nitrogens is 1. The first-order chi connectivity index (χ1) is 9.58. The molecule has 5 nitrogen and oxygen atoms in total. The number of carbonyl (C=O) groups is 2. The van der Waals surface area contributed by atoms with E-state index in [1.54, 1.807) is 24.0 Å². The number of carboxylic acids is 1. The van der Waals surface area contributed by atoms with Gasteiger partial charge < -0.3 is 14.6 Å². The van der Waals surface area contributed by atoms with Crippen molar-refractivity contribution in [2.45, 2.75) is 24.9 Å². The highest BCUT2D eigenvalue weighted by Gasteiger charge is 2.36. The summed E-state index contributed by atoms with van der Waals surface area (Å²) >= 11 is 7.58. The molecule has 0 radical (unpaired) electrons. The topological polar surface area (TPSA) is 62.5 Å². The molecule has 1 saturated heterocycles. The lowest BCUT2D eigenvalue weighted by molar-refractivity contribution is -0.141. The van der Waals surface area contributed by atoms with E-state index in [0.29, 0.717) is 29.1 Å². The third kappa shape index (κ3) is 2.54. The number of hydrogen-bond acceptors (Lipinski definition) is 3. The fraction of sp³-hybridized carbons (Fsp3) is 0.538. The molecule has 2 heterocycles. The molecular formula is C13H15ClN2O3S. The summed E-state index contributed by atoms with van der Waals surface area (Å²) in [5, 5.41) is 9.79. The Labute approximate surface area is 125 Å². The van der Waals surface area contributed by atoms with Crippen LogP contribution in [0, 0.1) is 0 Å². The van der Waals surface area contributed by atoms with Gasteiger partial charge in [0.15, 0.2) is 0 Å². The Morgan fingerprint density at radius 2 is 2.15 bits per heavy atom. The second kappa shape index (κ2) is 5.33. The van der Waals surface area contributed by atoms with Crippen molar-refractivity contribution in [1.82, 2.24) is 9.47 Å². The average molecular weight is 315 g/mol. The van der Waals surface area contributed by atoms with Crippen molar-refractivity contribution < 1.29 is 14.7 Å². The number of amides is 1. The van der Waals surface area contributed by atoms with Gasteiger partial charge in [0.2, 0.25) is 0 Å². The largest absolute Gasteiger partial charge is 0.480 e. The first kappa shape index (κ1) is 13.8. The van der Waals surface area contributed by atoms with Gasteiger partial charge in [-0.05, 0) is 18.9 Å². The molecular weight excluding hydrogens is 300 g/mol. The lowest BCUT2D eigenvalue weighted by Gasteiger charge is -2.32. The molecule has 0 bridgehead atoms. The summed E-state index contributed by atoms with van der Waals surface area (Å²) in [6.07, 6.45) is 3.86. The maximum Gasteiger partial charge on any atom is 0.327 e. The van der Waals surface area contributed by atoms with E-state index in [1.165, 1.54) is 4.90 Å². The molecule has 1 aromatic rings. The highest BCUT2D eigenvalue weighted by atomic mass is 35.5. The molecule has 7 heteroatoms. The Morgan fingerprint density at radius 3 is 2.80 bits per heavy atom. The molecule has 1 aromatic heterocycles. The molecule has 1 unspecified atom stereocenters. The van der Waals surface area contributed by atoms with Crippen molar-refractivity contribution in [2.24, 2.45) is 0 Å². The molecule has 1 aliphatic heterocycles. The quantitative estimate of drug-likeness (QED) is 0.928. The summed E-state index contributed by atoms with van der Waals surface area (Å²) in [6, 6.07) is 1.23. The highest BCUT2D eigenvalue weighted by molar-refractivity contribution is 7.99. The van der Waals surface area contributed by atoms with E-state index in [0.717, 1.165) is 18.6 Å². The molecule has 1 aliphatic carbocycles. The second-order valence-corrected chi connectivity index (χ2v) is 6.70. The Balaban J connectivity index is 1.89. The van der Waals surface area contributed by atoms with Gasteiger partial charge in [0.25, 0.3) is 5.91 Å². The minimum Gasteiger partial charge on any atom is -0.480 e. The monoisotopic (exact) mass is 314 g/mol. The first-order valence-electron chi connectivity index (χ1n) is 6.57. The minimum absolute atomic E-state index is 0.225. The molecule has 0 spiro atoms. The lowest BCUT2D eigenvalue weighted by atomic mass is 10.2. The summed E-state index contributed by atoms with van der Waals surface area (Å²) in [7, 11) is 0. The van der Waals surface area contributed by atoms with Crippen LogP contribution >= 0.6 is 23.4 Å². The molecule has 1 saturated carbocycles. The van der Waals surface area contributed by atoms with Crippen LogP contribution in [0.1, 0.15) is 29.4 Å². The van der Waals surface area contributed by atoms with Crippen LogP contribution in [0.25, 0.3) is 0 Å².